The van der Waals surface area contributed by atoms with E-state index in [9.17, 15) is 9.59 Å². The Morgan fingerprint density at radius 3 is 2.12 bits per heavy atom. The molecule has 0 N–H and O–H groups in total. The quantitative estimate of drug-likeness (QED) is 0.607. The molecule has 3 nitrogen and oxygen atoms in total. The van der Waals surface area contributed by atoms with Gasteiger partial charge in [0.2, 0.25) is 0 Å². The highest BCUT2D eigenvalue weighted by Gasteiger charge is 2.03. The third-order valence-corrected chi connectivity index (χ3v) is 1.97. The SMILES string of the molecule is CCOC(C)=O.O=C(Cl)c1ccccc1Cl. The van der Waals surface area contributed by atoms with Crippen molar-refractivity contribution < 1.29 is 14.3 Å². The van der Waals surface area contributed by atoms with Gasteiger partial charge in [-0.1, -0.05) is 23.7 Å². The summed E-state index contributed by atoms with van der Waals surface area (Å²) in [7, 11) is 0. The molecule has 0 saturated heterocycles. The first-order valence-corrected chi connectivity index (χ1v) is 5.32. The Labute approximate surface area is 104 Å². The van der Waals surface area contributed by atoms with E-state index in [4.69, 9.17) is 23.2 Å². The molecular formula is C11H12Cl2O3. The smallest absolute Gasteiger partial charge is 0.302 e. The maximum Gasteiger partial charge on any atom is 0.302 e. The summed E-state index contributed by atoms with van der Waals surface area (Å²) in [6.07, 6.45) is 0. The minimum Gasteiger partial charge on any atom is -0.466 e. The first-order chi connectivity index (χ1) is 7.49. The molecule has 1 aromatic rings. The summed E-state index contributed by atoms with van der Waals surface area (Å²) in [5.74, 6) is -0.211. The van der Waals surface area contributed by atoms with Crippen molar-refractivity contribution in [1.29, 1.82) is 0 Å². The van der Waals surface area contributed by atoms with E-state index >= 15 is 0 Å². The number of esters is 1. The monoisotopic (exact) mass is 262 g/mol. The molecule has 0 amide bonds. The molecule has 0 fully saturated rings. The lowest BCUT2D eigenvalue weighted by Crippen LogP contribution is -1.95. The van der Waals surface area contributed by atoms with Crippen LogP contribution in [0.4, 0.5) is 0 Å². The molecule has 0 spiro atoms. The maximum atomic E-state index is 10.5. The van der Waals surface area contributed by atoms with Gasteiger partial charge in [-0.3, -0.25) is 9.59 Å². The van der Waals surface area contributed by atoms with Crippen molar-refractivity contribution in [2.24, 2.45) is 0 Å². The van der Waals surface area contributed by atoms with Crippen LogP contribution in [0.25, 0.3) is 0 Å². The fourth-order valence-corrected chi connectivity index (χ4v) is 1.26. The minimum atomic E-state index is -0.523. The Morgan fingerprint density at radius 1 is 1.31 bits per heavy atom. The zero-order chi connectivity index (χ0) is 12.6. The molecule has 88 valence electrons. The van der Waals surface area contributed by atoms with Crippen molar-refractivity contribution >= 4 is 34.4 Å². The Kier molecular flexibility index (Phi) is 7.60. The van der Waals surface area contributed by atoms with Gasteiger partial charge in [0.05, 0.1) is 17.2 Å². The zero-order valence-electron chi connectivity index (χ0n) is 9.00. The van der Waals surface area contributed by atoms with Crippen LogP contribution in [0.15, 0.2) is 24.3 Å². The number of ether oxygens (including phenoxy) is 1. The minimum absolute atomic E-state index is 0.211. The van der Waals surface area contributed by atoms with Gasteiger partial charge in [-0.25, -0.2) is 0 Å². The zero-order valence-corrected chi connectivity index (χ0v) is 10.5. The third-order valence-electron chi connectivity index (χ3n) is 1.43. The van der Waals surface area contributed by atoms with Gasteiger partial charge in [0.15, 0.2) is 0 Å². The van der Waals surface area contributed by atoms with Crippen LogP contribution < -0.4 is 0 Å². The van der Waals surface area contributed by atoms with Crippen LogP contribution in [0.3, 0.4) is 0 Å². The number of benzene rings is 1. The number of carbonyl (C=O) groups is 2. The Morgan fingerprint density at radius 2 is 1.88 bits per heavy atom. The van der Waals surface area contributed by atoms with Crippen molar-refractivity contribution in [2.75, 3.05) is 6.61 Å². The predicted molar refractivity (Wildman–Crippen MR) is 63.9 cm³/mol. The summed E-state index contributed by atoms with van der Waals surface area (Å²) in [5.41, 5.74) is 0.353. The Hall–Kier alpha value is -1.06. The second-order valence-corrected chi connectivity index (χ2v) is 3.43. The highest BCUT2D eigenvalue weighted by Crippen LogP contribution is 2.16. The number of hydrogen-bond acceptors (Lipinski definition) is 3. The van der Waals surface area contributed by atoms with E-state index in [0.29, 0.717) is 17.2 Å². The summed E-state index contributed by atoms with van der Waals surface area (Å²) in [6, 6.07) is 6.65. The molecule has 0 aromatic heterocycles. The van der Waals surface area contributed by atoms with Gasteiger partial charge in [0.1, 0.15) is 0 Å². The van der Waals surface area contributed by atoms with E-state index in [1.807, 2.05) is 0 Å². The van der Waals surface area contributed by atoms with Gasteiger partial charge in [-0.15, -0.1) is 0 Å². The van der Waals surface area contributed by atoms with Gasteiger partial charge >= 0.3 is 5.97 Å². The predicted octanol–water partition coefficient (Wildman–Crippen LogP) is 3.29. The largest absolute Gasteiger partial charge is 0.466 e. The summed E-state index contributed by atoms with van der Waals surface area (Å²) in [4.78, 5) is 20.4. The molecule has 1 aromatic carbocycles. The normalized spacial score (nSPS) is 8.75. The standard InChI is InChI=1S/C7H4Cl2O.C4H8O2/c8-6-4-2-1-3-5(6)7(9)10;1-3-6-4(2)5/h1-4H;3H2,1-2H3. The fourth-order valence-electron chi connectivity index (χ4n) is 0.824. The highest BCUT2D eigenvalue weighted by molar-refractivity contribution is 6.68. The van der Waals surface area contributed by atoms with E-state index in [1.165, 1.54) is 6.92 Å². The lowest BCUT2D eigenvalue weighted by atomic mass is 10.2. The topological polar surface area (TPSA) is 43.4 Å². The summed E-state index contributed by atoms with van der Waals surface area (Å²) in [5, 5.41) is -0.131. The maximum absolute atomic E-state index is 10.5. The van der Waals surface area contributed by atoms with Crippen LogP contribution in [-0.2, 0) is 9.53 Å². The molecule has 0 aliphatic carbocycles. The van der Waals surface area contributed by atoms with Crippen molar-refractivity contribution in [3.05, 3.63) is 34.9 Å². The molecule has 0 heterocycles. The van der Waals surface area contributed by atoms with Crippen molar-refractivity contribution in [2.45, 2.75) is 13.8 Å². The molecule has 0 aliphatic rings. The van der Waals surface area contributed by atoms with Crippen LogP contribution in [0, 0.1) is 0 Å². The molecule has 0 atom stereocenters. The molecular weight excluding hydrogens is 251 g/mol. The van der Waals surface area contributed by atoms with Gasteiger partial charge in [0.25, 0.3) is 5.24 Å². The molecule has 16 heavy (non-hydrogen) atoms. The summed E-state index contributed by atoms with van der Waals surface area (Å²) >= 11 is 10.8. The van der Waals surface area contributed by atoms with E-state index < -0.39 is 5.24 Å². The second-order valence-electron chi connectivity index (χ2n) is 2.68. The molecule has 5 heteroatoms. The number of halogens is 2. The van der Waals surface area contributed by atoms with E-state index in [-0.39, 0.29) is 5.97 Å². The van der Waals surface area contributed by atoms with Crippen molar-refractivity contribution in [3.8, 4) is 0 Å². The second kappa shape index (κ2) is 8.13. The van der Waals surface area contributed by atoms with Gasteiger partial charge in [-0.05, 0) is 30.7 Å². The average Bonchev–Trinajstić information content (AvgIpc) is 2.18. The summed E-state index contributed by atoms with van der Waals surface area (Å²) in [6.45, 7) is 3.65. The molecule has 0 bridgehead atoms. The molecule has 0 radical (unpaired) electrons. The molecule has 0 saturated carbocycles. The van der Waals surface area contributed by atoms with E-state index in [1.54, 1.807) is 31.2 Å². The van der Waals surface area contributed by atoms with E-state index in [0.717, 1.165) is 0 Å². The number of rotatable bonds is 2. The van der Waals surface area contributed by atoms with Crippen LogP contribution >= 0.6 is 23.2 Å². The lowest BCUT2D eigenvalue weighted by molar-refractivity contribution is -0.140. The molecule has 0 unspecified atom stereocenters. The highest BCUT2D eigenvalue weighted by atomic mass is 35.5. The van der Waals surface area contributed by atoms with Gasteiger partial charge < -0.3 is 4.74 Å². The number of carbonyl (C=O) groups excluding carboxylic acids is 2. The first kappa shape index (κ1) is 14.9. The number of hydrogen-bond donors (Lipinski definition) is 0. The fraction of sp³-hybridized carbons (Fsp3) is 0.273. The van der Waals surface area contributed by atoms with Crippen LogP contribution in [0.1, 0.15) is 24.2 Å². The third kappa shape index (κ3) is 6.43. The van der Waals surface area contributed by atoms with Crippen molar-refractivity contribution in [1.82, 2.24) is 0 Å². The van der Waals surface area contributed by atoms with E-state index in [2.05, 4.69) is 4.74 Å². The average molecular weight is 263 g/mol. The molecule has 0 aliphatic heterocycles. The Balaban J connectivity index is 0.000000325. The van der Waals surface area contributed by atoms with Crippen LogP contribution in [0.2, 0.25) is 5.02 Å². The first-order valence-electron chi connectivity index (χ1n) is 4.56. The summed E-state index contributed by atoms with van der Waals surface area (Å²) < 4.78 is 4.40. The molecule has 1 rings (SSSR count). The van der Waals surface area contributed by atoms with Gasteiger partial charge in [0, 0.05) is 6.92 Å². The lowest BCUT2D eigenvalue weighted by Gasteiger charge is -1.93. The Bertz CT molecular complexity index is 364. The van der Waals surface area contributed by atoms with Crippen molar-refractivity contribution in [3.63, 3.8) is 0 Å². The van der Waals surface area contributed by atoms with Gasteiger partial charge in [-0.2, -0.15) is 0 Å². The van der Waals surface area contributed by atoms with Crippen LogP contribution in [0.5, 0.6) is 0 Å². The van der Waals surface area contributed by atoms with Crippen LogP contribution in [-0.4, -0.2) is 17.8 Å².